The van der Waals surface area contributed by atoms with Crippen LogP contribution in [0.3, 0.4) is 0 Å². The minimum absolute atomic E-state index is 0.0955. The number of nitrogens with one attached hydrogen (secondary N) is 1. The van der Waals surface area contributed by atoms with Crippen molar-refractivity contribution in [1.29, 1.82) is 0 Å². The highest BCUT2D eigenvalue weighted by Gasteiger charge is 2.18. The number of rotatable bonds is 8. The lowest BCUT2D eigenvalue weighted by atomic mass is 10.1. The molecule has 1 saturated heterocycles. The van der Waals surface area contributed by atoms with Gasteiger partial charge in [0.2, 0.25) is 5.91 Å². The molecule has 1 aliphatic heterocycles. The highest BCUT2D eigenvalue weighted by atomic mass is 16.5. The summed E-state index contributed by atoms with van der Waals surface area (Å²) in [7, 11) is 3.57. The molecule has 2 heterocycles. The highest BCUT2D eigenvalue weighted by Crippen LogP contribution is 2.21. The summed E-state index contributed by atoms with van der Waals surface area (Å²) < 4.78 is 12.7. The van der Waals surface area contributed by atoms with Crippen LogP contribution in [-0.4, -0.2) is 53.1 Å². The van der Waals surface area contributed by atoms with Crippen molar-refractivity contribution >= 4 is 28.5 Å². The number of ether oxygens (including phenoxy) is 2. The number of hydrogen-bond donors (Lipinski definition) is 1. The number of amides is 2. The summed E-state index contributed by atoms with van der Waals surface area (Å²) in [6.07, 6.45) is 3.41. The molecule has 4 rings (SSSR count). The van der Waals surface area contributed by atoms with Gasteiger partial charge in [0.05, 0.1) is 18.1 Å². The number of hydrogen-bond acceptors (Lipinski definition) is 5. The van der Waals surface area contributed by atoms with E-state index in [0.29, 0.717) is 30.8 Å². The Bertz CT molecular complexity index is 1110. The van der Waals surface area contributed by atoms with Gasteiger partial charge in [-0.2, -0.15) is 0 Å². The molecule has 0 unspecified atom stereocenters. The van der Waals surface area contributed by atoms with Crippen LogP contribution >= 0.6 is 0 Å². The Morgan fingerprint density at radius 2 is 1.91 bits per heavy atom. The average molecular weight is 437 g/mol. The minimum Gasteiger partial charge on any atom is -0.497 e. The van der Waals surface area contributed by atoms with Gasteiger partial charge in [-0.1, -0.05) is 0 Å². The number of benzene rings is 2. The first kappa shape index (κ1) is 21.7. The summed E-state index contributed by atoms with van der Waals surface area (Å²) in [6, 6.07) is 12.7. The van der Waals surface area contributed by atoms with Crippen molar-refractivity contribution in [1.82, 2.24) is 14.5 Å². The standard InChI is InChI=1S/C24H28N4O4/c1-27-21-11-6-17(25-23(29)16-32-19-9-7-18(31-2)8-10-19)15-20(21)26-22(27)12-14-28-13-4-3-5-24(28)30/h6-11,15H,3-5,12-14,16H2,1-2H3,(H,25,29). The second-order valence-corrected chi connectivity index (χ2v) is 7.89. The van der Waals surface area contributed by atoms with Gasteiger partial charge in [0.1, 0.15) is 17.3 Å². The molecule has 0 radical (unpaired) electrons. The van der Waals surface area contributed by atoms with E-state index in [1.807, 2.05) is 34.7 Å². The van der Waals surface area contributed by atoms with Crippen molar-refractivity contribution in [2.75, 3.05) is 32.1 Å². The largest absolute Gasteiger partial charge is 0.497 e. The van der Waals surface area contributed by atoms with Gasteiger partial charge in [0, 0.05) is 38.7 Å². The number of piperidine rings is 1. The maximum atomic E-state index is 12.3. The second-order valence-electron chi connectivity index (χ2n) is 7.89. The summed E-state index contributed by atoms with van der Waals surface area (Å²) >= 11 is 0. The number of nitrogens with zero attached hydrogens (tertiary/aromatic N) is 3. The molecule has 0 aliphatic carbocycles. The quantitative estimate of drug-likeness (QED) is 0.586. The monoisotopic (exact) mass is 436 g/mol. The molecule has 168 valence electrons. The molecule has 0 bridgehead atoms. The Balaban J connectivity index is 1.36. The predicted molar refractivity (Wildman–Crippen MR) is 122 cm³/mol. The summed E-state index contributed by atoms with van der Waals surface area (Å²) in [5.41, 5.74) is 2.45. The number of carbonyl (C=O) groups is 2. The molecule has 8 heteroatoms. The molecule has 0 spiro atoms. The number of anilines is 1. The summed E-state index contributed by atoms with van der Waals surface area (Å²) in [5.74, 6) is 2.23. The van der Waals surface area contributed by atoms with Crippen molar-refractivity contribution in [2.45, 2.75) is 25.7 Å². The molecule has 2 aromatic carbocycles. The Hall–Kier alpha value is -3.55. The number of likely N-dealkylation sites (tertiary alicyclic amines) is 1. The maximum absolute atomic E-state index is 12.3. The van der Waals surface area contributed by atoms with E-state index in [2.05, 4.69) is 5.32 Å². The van der Waals surface area contributed by atoms with Crippen molar-refractivity contribution in [3.05, 3.63) is 48.3 Å². The minimum atomic E-state index is -0.250. The van der Waals surface area contributed by atoms with Gasteiger partial charge in [0.25, 0.3) is 5.91 Å². The summed E-state index contributed by atoms with van der Waals surface area (Å²) in [4.78, 5) is 31.0. The first-order valence-corrected chi connectivity index (χ1v) is 10.8. The van der Waals surface area contributed by atoms with Crippen LogP contribution in [0, 0.1) is 0 Å². The Morgan fingerprint density at radius 1 is 1.12 bits per heavy atom. The molecule has 1 aromatic heterocycles. The lowest BCUT2D eigenvalue weighted by Crippen LogP contribution is -2.36. The molecule has 0 atom stereocenters. The number of carbonyl (C=O) groups excluding carboxylic acids is 2. The first-order valence-electron chi connectivity index (χ1n) is 10.8. The third-order valence-electron chi connectivity index (χ3n) is 5.71. The molecule has 0 saturated carbocycles. The van der Waals surface area contributed by atoms with E-state index in [9.17, 15) is 9.59 Å². The van der Waals surface area contributed by atoms with Crippen LogP contribution in [0.4, 0.5) is 5.69 Å². The summed E-state index contributed by atoms with van der Waals surface area (Å²) in [5, 5.41) is 2.85. The van der Waals surface area contributed by atoms with Gasteiger partial charge in [-0.3, -0.25) is 9.59 Å². The van der Waals surface area contributed by atoms with E-state index in [1.165, 1.54) is 0 Å². The van der Waals surface area contributed by atoms with E-state index < -0.39 is 0 Å². The van der Waals surface area contributed by atoms with Gasteiger partial charge in [-0.05, 0) is 55.3 Å². The van der Waals surface area contributed by atoms with Crippen molar-refractivity contribution in [3.8, 4) is 11.5 Å². The zero-order chi connectivity index (χ0) is 22.5. The molecule has 3 aromatic rings. The van der Waals surface area contributed by atoms with E-state index in [-0.39, 0.29) is 18.4 Å². The SMILES string of the molecule is COc1ccc(OCC(=O)Nc2ccc3c(c2)nc(CCN2CCCCC2=O)n3C)cc1. The highest BCUT2D eigenvalue weighted by molar-refractivity contribution is 5.94. The molecular weight excluding hydrogens is 408 g/mol. The van der Waals surface area contributed by atoms with Crippen LogP contribution in [0.2, 0.25) is 0 Å². The van der Waals surface area contributed by atoms with Gasteiger partial charge >= 0.3 is 0 Å². The molecule has 2 amide bonds. The first-order chi connectivity index (χ1) is 15.5. The van der Waals surface area contributed by atoms with Gasteiger partial charge < -0.3 is 24.3 Å². The van der Waals surface area contributed by atoms with E-state index in [1.54, 1.807) is 31.4 Å². The number of imidazole rings is 1. The lowest BCUT2D eigenvalue weighted by molar-refractivity contribution is -0.133. The van der Waals surface area contributed by atoms with E-state index >= 15 is 0 Å². The molecule has 32 heavy (non-hydrogen) atoms. The van der Waals surface area contributed by atoms with Crippen molar-refractivity contribution in [2.24, 2.45) is 7.05 Å². The summed E-state index contributed by atoms with van der Waals surface area (Å²) in [6.45, 7) is 1.42. The Kier molecular flexibility index (Phi) is 6.58. The molecular formula is C24H28N4O4. The fourth-order valence-electron chi connectivity index (χ4n) is 3.90. The Labute approximate surface area is 187 Å². The topological polar surface area (TPSA) is 85.7 Å². The van der Waals surface area contributed by atoms with Crippen molar-refractivity contribution < 1.29 is 19.1 Å². The third kappa shape index (κ3) is 5.01. The van der Waals surface area contributed by atoms with E-state index in [4.69, 9.17) is 14.5 Å². The van der Waals surface area contributed by atoms with E-state index in [0.717, 1.165) is 42.0 Å². The van der Waals surface area contributed by atoms with Crippen LogP contribution in [0.15, 0.2) is 42.5 Å². The fourth-order valence-corrected chi connectivity index (χ4v) is 3.90. The third-order valence-corrected chi connectivity index (χ3v) is 5.71. The number of aromatic nitrogens is 2. The average Bonchev–Trinajstić information content (AvgIpc) is 3.12. The van der Waals surface area contributed by atoms with Crippen molar-refractivity contribution in [3.63, 3.8) is 0 Å². The van der Waals surface area contributed by atoms with Crippen LogP contribution in [0.1, 0.15) is 25.1 Å². The predicted octanol–water partition coefficient (Wildman–Crippen LogP) is 3.15. The zero-order valence-electron chi connectivity index (χ0n) is 18.5. The molecule has 1 aliphatic rings. The van der Waals surface area contributed by atoms with Crippen LogP contribution in [0.5, 0.6) is 11.5 Å². The number of aryl methyl sites for hydroxylation is 1. The van der Waals surface area contributed by atoms with Crippen LogP contribution in [-0.2, 0) is 23.1 Å². The smallest absolute Gasteiger partial charge is 0.262 e. The number of methoxy groups -OCH3 is 1. The van der Waals surface area contributed by atoms with Crippen LogP contribution < -0.4 is 14.8 Å². The normalized spacial score (nSPS) is 13.9. The molecule has 1 fully saturated rings. The maximum Gasteiger partial charge on any atom is 0.262 e. The van der Waals surface area contributed by atoms with Gasteiger partial charge in [-0.15, -0.1) is 0 Å². The fraction of sp³-hybridized carbons (Fsp3) is 0.375. The molecule has 8 nitrogen and oxygen atoms in total. The molecule has 1 N–H and O–H groups in total. The lowest BCUT2D eigenvalue weighted by Gasteiger charge is -2.26. The second kappa shape index (κ2) is 9.72. The number of fused-ring (bicyclic) bond motifs is 1. The Morgan fingerprint density at radius 3 is 2.66 bits per heavy atom. The zero-order valence-corrected chi connectivity index (χ0v) is 18.5. The van der Waals surface area contributed by atoms with Gasteiger partial charge in [-0.25, -0.2) is 4.98 Å². The van der Waals surface area contributed by atoms with Gasteiger partial charge in [0.15, 0.2) is 6.61 Å². The van der Waals surface area contributed by atoms with Crippen LogP contribution in [0.25, 0.3) is 11.0 Å².